The summed E-state index contributed by atoms with van der Waals surface area (Å²) >= 11 is 6.19. The molecule has 0 spiro atoms. The molecule has 0 aliphatic heterocycles. The van der Waals surface area contributed by atoms with Crippen LogP contribution < -0.4 is 0 Å². The molecule has 1 heterocycles. The van der Waals surface area contributed by atoms with Gasteiger partial charge in [0.2, 0.25) is 0 Å². The molecule has 108 valence electrons. The van der Waals surface area contributed by atoms with E-state index in [9.17, 15) is 0 Å². The molecule has 0 N–H and O–H groups in total. The van der Waals surface area contributed by atoms with Crippen molar-refractivity contribution >= 4 is 17.7 Å². The van der Waals surface area contributed by atoms with Gasteiger partial charge in [-0.3, -0.25) is 4.98 Å². The summed E-state index contributed by atoms with van der Waals surface area (Å²) in [5.74, 6) is 1.07. The van der Waals surface area contributed by atoms with Crippen molar-refractivity contribution in [1.29, 1.82) is 0 Å². The van der Waals surface area contributed by atoms with Crippen molar-refractivity contribution in [1.82, 2.24) is 4.98 Å². The number of allylic oxidation sites excluding steroid dienone is 1. The Bertz CT molecular complexity index is 673. The normalized spacial score (nSPS) is 15.0. The summed E-state index contributed by atoms with van der Waals surface area (Å²) in [6.07, 6.45) is 6.29. The Kier molecular flexibility index (Phi) is 4.12. The summed E-state index contributed by atoms with van der Waals surface area (Å²) in [6, 6.07) is 12.4. The van der Waals surface area contributed by atoms with Crippen LogP contribution in [0, 0.1) is 5.92 Å². The molecule has 0 saturated carbocycles. The molecule has 0 radical (unpaired) electrons. The van der Waals surface area contributed by atoms with Crippen LogP contribution in [0.1, 0.15) is 43.0 Å². The van der Waals surface area contributed by atoms with Crippen LogP contribution in [0.4, 0.5) is 0 Å². The van der Waals surface area contributed by atoms with Crippen molar-refractivity contribution in [3.63, 3.8) is 0 Å². The summed E-state index contributed by atoms with van der Waals surface area (Å²) in [7, 11) is 0. The summed E-state index contributed by atoms with van der Waals surface area (Å²) in [6.45, 7) is 4.55. The molecule has 0 fully saturated rings. The molecular formula is C19H20ClN. The first-order valence-electron chi connectivity index (χ1n) is 7.53. The molecule has 1 atom stereocenters. The zero-order chi connectivity index (χ0) is 14.8. The van der Waals surface area contributed by atoms with E-state index in [1.54, 1.807) is 0 Å². The van der Waals surface area contributed by atoms with Crippen LogP contribution in [0.2, 0.25) is 5.02 Å². The Morgan fingerprint density at radius 1 is 1.19 bits per heavy atom. The first-order chi connectivity index (χ1) is 10.1. The van der Waals surface area contributed by atoms with Crippen LogP contribution in [0.3, 0.4) is 0 Å². The van der Waals surface area contributed by atoms with Crippen molar-refractivity contribution in [3.8, 4) is 0 Å². The average Bonchev–Trinajstić information content (AvgIpc) is 2.88. The van der Waals surface area contributed by atoms with Crippen LogP contribution in [-0.4, -0.2) is 4.98 Å². The van der Waals surface area contributed by atoms with E-state index < -0.39 is 0 Å². The summed E-state index contributed by atoms with van der Waals surface area (Å²) in [4.78, 5) is 4.50. The van der Waals surface area contributed by atoms with E-state index in [4.69, 9.17) is 11.6 Å². The van der Waals surface area contributed by atoms with E-state index in [1.165, 1.54) is 22.4 Å². The van der Waals surface area contributed by atoms with Crippen molar-refractivity contribution in [2.45, 2.75) is 32.6 Å². The van der Waals surface area contributed by atoms with E-state index in [1.807, 2.05) is 24.4 Å². The number of pyridine rings is 1. The number of fused-ring (bicyclic) bond motifs is 1. The quantitative estimate of drug-likeness (QED) is 0.725. The molecule has 1 unspecified atom stereocenters. The Morgan fingerprint density at radius 2 is 2.05 bits per heavy atom. The maximum atomic E-state index is 6.19. The second-order valence-electron chi connectivity index (χ2n) is 6.17. The lowest BCUT2D eigenvalue weighted by Crippen LogP contribution is -2.07. The second-order valence-corrected chi connectivity index (χ2v) is 6.61. The zero-order valence-corrected chi connectivity index (χ0v) is 13.3. The molecule has 1 aromatic heterocycles. The molecule has 21 heavy (non-hydrogen) atoms. The van der Waals surface area contributed by atoms with Crippen molar-refractivity contribution < 1.29 is 0 Å². The van der Waals surface area contributed by atoms with Gasteiger partial charge in [0.25, 0.3) is 0 Å². The van der Waals surface area contributed by atoms with Crippen LogP contribution >= 0.6 is 11.6 Å². The Hall–Kier alpha value is -1.60. The monoisotopic (exact) mass is 297 g/mol. The molecule has 0 amide bonds. The number of hydrogen-bond donors (Lipinski definition) is 0. The van der Waals surface area contributed by atoms with E-state index in [0.717, 1.165) is 17.9 Å². The number of aromatic nitrogens is 1. The fourth-order valence-corrected chi connectivity index (χ4v) is 3.29. The summed E-state index contributed by atoms with van der Waals surface area (Å²) < 4.78 is 0. The molecule has 2 heteroatoms. The first kappa shape index (κ1) is 14.3. The van der Waals surface area contributed by atoms with Gasteiger partial charge in [0.05, 0.1) is 5.69 Å². The third-order valence-electron chi connectivity index (χ3n) is 4.04. The summed E-state index contributed by atoms with van der Waals surface area (Å²) in [5.41, 5.74) is 5.24. The third-order valence-corrected chi connectivity index (χ3v) is 4.28. The minimum absolute atomic E-state index is 0.429. The number of halogens is 1. The van der Waals surface area contributed by atoms with E-state index >= 15 is 0 Å². The number of rotatable bonds is 4. The van der Waals surface area contributed by atoms with Gasteiger partial charge in [0.15, 0.2) is 0 Å². The third kappa shape index (κ3) is 3.19. The Balaban J connectivity index is 1.95. The van der Waals surface area contributed by atoms with Gasteiger partial charge in [-0.05, 0) is 41.7 Å². The van der Waals surface area contributed by atoms with E-state index in [0.29, 0.717) is 11.8 Å². The van der Waals surface area contributed by atoms with Crippen molar-refractivity contribution in [2.75, 3.05) is 0 Å². The number of hydrogen-bond acceptors (Lipinski definition) is 1. The van der Waals surface area contributed by atoms with Gasteiger partial charge in [-0.15, -0.1) is 0 Å². The summed E-state index contributed by atoms with van der Waals surface area (Å²) in [5, 5.41) is 0.815. The Labute approximate surface area is 131 Å². The molecule has 1 aliphatic rings. The van der Waals surface area contributed by atoms with Crippen LogP contribution in [0.5, 0.6) is 0 Å². The number of benzene rings is 1. The standard InChI is InChI=1S/C19H20ClN/c1-13(2)9-18(14-5-3-7-17(20)11-14)16-10-15-6-4-8-21-19(15)12-16/h3-8,10-11,13,18H,9,12H2,1-2H3. The fraction of sp³-hybridized carbons (Fsp3) is 0.316. The first-order valence-corrected chi connectivity index (χ1v) is 7.91. The van der Waals surface area contributed by atoms with E-state index in [-0.39, 0.29) is 0 Å². The molecule has 3 rings (SSSR count). The van der Waals surface area contributed by atoms with Crippen molar-refractivity contribution in [2.24, 2.45) is 5.92 Å². The average molecular weight is 298 g/mol. The lowest BCUT2D eigenvalue weighted by Gasteiger charge is -2.21. The van der Waals surface area contributed by atoms with E-state index in [2.05, 4.69) is 43.1 Å². The van der Waals surface area contributed by atoms with Gasteiger partial charge >= 0.3 is 0 Å². The second kappa shape index (κ2) is 6.03. The van der Waals surface area contributed by atoms with Gasteiger partial charge in [-0.2, -0.15) is 0 Å². The molecule has 2 aromatic rings. The predicted octanol–water partition coefficient (Wildman–Crippen LogP) is 5.50. The minimum Gasteiger partial charge on any atom is -0.260 e. The zero-order valence-electron chi connectivity index (χ0n) is 12.5. The Morgan fingerprint density at radius 3 is 2.76 bits per heavy atom. The molecule has 0 saturated heterocycles. The van der Waals surface area contributed by atoms with Crippen LogP contribution in [0.15, 0.2) is 48.2 Å². The number of nitrogens with zero attached hydrogens (tertiary/aromatic N) is 1. The highest BCUT2D eigenvalue weighted by Crippen LogP contribution is 2.38. The van der Waals surface area contributed by atoms with Crippen LogP contribution in [0.25, 0.3) is 6.08 Å². The van der Waals surface area contributed by atoms with Gasteiger partial charge in [0.1, 0.15) is 0 Å². The van der Waals surface area contributed by atoms with Gasteiger partial charge in [0, 0.05) is 23.6 Å². The maximum absolute atomic E-state index is 6.19. The maximum Gasteiger partial charge on any atom is 0.0516 e. The van der Waals surface area contributed by atoms with Gasteiger partial charge in [-0.25, -0.2) is 0 Å². The molecule has 0 bridgehead atoms. The lowest BCUT2D eigenvalue weighted by atomic mass is 9.84. The SMILES string of the molecule is CC(C)CC(C1=Cc2cccnc2C1)c1cccc(Cl)c1. The largest absolute Gasteiger partial charge is 0.260 e. The molecule has 1 aromatic carbocycles. The van der Waals surface area contributed by atoms with Crippen molar-refractivity contribution in [3.05, 3.63) is 70.0 Å². The van der Waals surface area contributed by atoms with Gasteiger partial charge in [-0.1, -0.05) is 55.3 Å². The highest BCUT2D eigenvalue weighted by Gasteiger charge is 2.23. The molecule has 1 nitrogen and oxygen atoms in total. The lowest BCUT2D eigenvalue weighted by molar-refractivity contribution is 0.533. The molecular weight excluding hydrogens is 278 g/mol. The molecule has 1 aliphatic carbocycles. The highest BCUT2D eigenvalue weighted by molar-refractivity contribution is 6.30. The predicted molar refractivity (Wildman–Crippen MR) is 89.6 cm³/mol. The smallest absolute Gasteiger partial charge is 0.0516 e. The fourth-order valence-electron chi connectivity index (χ4n) is 3.09. The highest BCUT2D eigenvalue weighted by atomic mass is 35.5. The topological polar surface area (TPSA) is 12.9 Å². The minimum atomic E-state index is 0.429. The van der Waals surface area contributed by atoms with Gasteiger partial charge < -0.3 is 0 Å². The van der Waals surface area contributed by atoms with Crippen LogP contribution in [-0.2, 0) is 6.42 Å².